The van der Waals surface area contributed by atoms with Gasteiger partial charge in [-0.15, -0.1) is 23.7 Å². The van der Waals surface area contributed by atoms with Gasteiger partial charge in [-0.25, -0.2) is 0 Å². The van der Waals surface area contributed by atoms with Gasteiger partial charge in [-0.2, -0.15) is 0 Å². The Morgan fingerprint density at radius 2 is 1.08 bits per heavy atom. The Labute approximate surface area is 300 Å². The van der Waals surface area contributed by atoms with Gasteiger partial charge in [-0.3, -0.25) is 9.59 Å². The molecule has 0 heterocycles. The summed E-state index contributed by atoms with van der Waals surface area (Å²) in [5.74, 6) is 11.4. The van der Waals surface area contributed by atoms with Crippen molar-refractivity contribution >= 4 is 11.9 Å². The second-order valence-electron chi connectivity index (χ2n) is 12.5. The molecule has 280 valence electrons. The van der Waals surface area contributed by atoms with Crippen LogP contribution in [0.2, 0.25) is 0 Å². The summed E-state index contributed by atoms with van der Waals surface area (Å²) in [5.41, 5.74) is 0. The molecule has 0 aliphatic heterocycles. The van der Waals surface area contributed by atoms with Crippen molar-refractivity contribution < 1.29 is 33.6 Å². The van der Waals surface area contributed by atoms with Crippen LogP contribution in [0.25, 0.3) is 0 Å². The number of hydrogen-bond acceptors (Lipinski definition) is 7. The van der Waals surface area contributed by atoms with Crippen LogP contribution in [0.5, 0.6) is 0 Å². The smallest absolute Gasteiger partial charge is 0.305 e. The minimum Gasteiger partial charge on any atom is -0.465 e. The first kappa shape index (κ1) is 46.4. The van der Waals surface area contributed by atoms with Gasteiger partial charge in [0.1, 0.15) is 0 Å². The zero-order valence-electron chi connectivity index (χ0n) is 31.5. The van der Waals surface area contributed by atoms with E-state index in [9.17, 15) is 14.7 Å². The van der Waals surface area contributed by atoms with Crippen molar-refractivity contribution in [2.75, 3.05) is 33.0 Å². The van der Waals surface area contributed by atoms with E-state index < -0.39 is 18.2 Å². The molecule has 0 aromatic carbocycles. The maximum atomic E-state index is 12.5. The number of carbonyl (C=O) groups excluding carboxylic acids is 2. The number of carbonyl (C=O) groups is 2. The highest BCUT2D eigenvalue weighted by atomic mass is 16.7. The number of esters is 2. The van der Waals surface area contributed by atoms with Gasteiger partial charge in [-0.1, -0.05) is 90.0 Å². The van der Waals surface area contributed by atoms with Crippen LogP contribution < -0.4 is 0 Å². The molecule has 0 rings (SSSR count). The Morgan fingerprint density at radius 3 is 1.63 bits per heavy atom. The highest BCUT2D eigenvalue weighted by Gasteiger charge is 2.17. The van der Waals surface area contributed by atoms with E-state index in [1.54, 1.807) is 0 Å². The summed E-state index contributed by atoms with van der Waals surface area (Å²) in [7, 11) is 0. The third-order valence-electron chi connectivity index (χ3n) is 7.76. The fourth-order valence-corrected chi connectivity index (χ4v) is 4.62. The van der Waals surface area contributed by atoms with Crippen molar-refractivity contribution in [3.63, 3.8) is 0 Å². The van der Waals surface area contributed by atoms with Gasteiger partial charge < -0.3 is 24.1 Å². The molecule has 0 aliphatic carbocycles. The lowest BCUT2D eigenvalue weighted by Crippen LogP contribution is -2.25. The van der Waals surface area contributed by atoms with Crippen LogP contribution in [0, 0.1) is 29.6 Å². The fraction of sp³-hybridized carbons (Fsp3) is 0.762. The van der Waals surface area contributed by atoms with Gasteiger partial charge in [0, 0.05) is 38.5 Å². The van der Waals surface area contributed by atoms with Gasteiger partial charge >= 0.3 is 11.9 Å². The van der Waals surface area contributed by atoms with Crippen LogP contribution in [-0.4, -0.2) is 56.4 Å². The van der Waals surface area contributed by atoms with Gasteiger partial charge in [0.15, 0.2) is 6.29 Å². The van der Waals surface area contributed by atoms with Crippen molar-refractivity contribution in [2.24, 2.45) is 5.92 Å². The molecule has 0 bridgehead atoms. The second kappa shape index (κ2) is 38.2. The molecule has 1 unspecified atom stereocenters. The first-order valence-corrected chi connectivity index (χ1v) is 19.4. The van der Waals surface area contributed by atoms with Gasteiger partial charge in [0.2, 0.25) is 0 Å². The normalized spacial score (nSPS) is 11.8. The second-order valence-corrected chi connectivity index (χ2v) is 12.5. The lowest BCUT2D eigenvalue weighted by molar-refractivity contribution is -0.159. The molecule has 1 atom stereocenters. The quantitative estimate of drug-likeness (QED) is 0.0248. The predicted molar refractivity (Wildman–Crippen MR) is 201 cm³/mol. The van der Waals surface area contributed by atoms with Crippen molar-refractivity contribution in [3.8, 4) is 23.7 Å². The Morgan fingerprint density at radius 1 is 0.592 bits per heavy atom. The van der Waals surface area contributed by atoms with Crippen molar-refractivity contribution in [3.05, 3.63) is 24.3 Å². The summed E-state index contributed by atoms with van der Waals surface area (Å²) >= 11 is 0. The van der Waals surface area contributed by atoms with E-state index in [1.165, 1.54) is 32.1 Å². The Hall–Kier alpha value is -2.58. The lowest BCUT2D eigenvalue weighted by Gasteiger charge is -2.18. The average Bonchev–Trinajstić information content (AvgIpc) is 3.11. The summed E-state index contributed by atoms with van der Waals surface area (Å²) < 4.78 is 22.5. The van der Waals surface area contributed by atoms with E-state index in [4.69, 9.17) is 18.9 Å². The molecule has 0 aromatic heterocycles. The van der Waals surface area contributed by atoms with E-state index in [-0.39, 0.29) is 32.2 Å². The molecule has 7 nitrogen and oxygen atoms in total. The maximum Gasteiger partial charge on any atom is 0.305 e. The maximum absolute atomic E-state index is 12.5. The highest BCUT2D eigenvalue weighted by Crippen LogP contribution is 2.11. The first-order chi connectivity index (χ1) is 24.1. The molecular formula is C42H70O7. The average molecular weight is 687 g/mol. The molecule has 7 heteroatoms. The van der Waals surface area contributed by atoms with Crippen LogP contribution >= 0.6 is 0 Å². The molecule has 0 fully saturated rings. The van der Waals surface area contributed by atoms with E-state index in [1.807, 2.05) is 0 Å². The topological polar surface area (TPSA) is 91.3 Å². The molecule has 0 aliphatic rings. The van der Waals surface area contributed by atoms with E-state index in [0.717, 1.165) is 77.0 Å². The molecule has 1 N–H and O–H groups in total. The lowest BCUT2D eigenvalue weighted by atomic mass is 10.1. The molecular weight excluding hydrogens is 616 g/mol. The zero-order valence-corrected chi connectivity index (χ0v) is 31.5. The summed E-state index contributed by atoms with van der Waals surface area (Å²) in [6.45, 7) is 7.14. The monoisotopic (exact) mass is 687 g/mol. The van der Waals surface area contributed by atoms with Crippen LogP contribution in [0.4, 0.5) is 0 Å². The fourth-order valence-electron chi connectivity index (χ4n) is 4.62. The van der Waals surface area contributed by atoms with Gasteiger partial charge in [0.25, 0.3) is 0 Å². The van der Waals surface area contributed by atoms with Crippen LogP contribution in [-0.2, 0) is 28.5 Å². The minimum atomic E-state index is -0.550. The van der Waals surface area contributed by atoms with Gasteiger partial charge in [-0.05, 0) is 51.4 Å². The summed E-state index contributed by atoms with van der Waals surface area (Å²) in [6.07, 6.45) is 29.2. The zero-order chi connectivity index (χ0) is 35.9. The largest absolute Gasteiger partial charge is 0.465 e. The number of allylic oxidation sites excluding steroid dienone is 4. The molecule has 0 aromatic rings. The number of aliphatic hydroxyl groups excluding tert-OH is 1. The summed E-state index contributed by atoms with van der Waals surface area (Å²) in [6, 6.07) is 0. The van der Waals surface area contributed by atoms with E-state index >= 15 is 0 Å². The highest BCUT2D eigenvalue weighted by molar-refractivity contribution is 5.69. The van der Waals surface area contributed by atoms with Crippen molar-refractivity contribution in [2.45, 2.75) is 168 Å². The first-order valence-electron chi connectivity index (χ1n) is 19.4. The molecule has 0 radical (unpaired) electrons. The van der Waals surface area contributed by atoms with Crippen molar-refractivity contribution in [1.82, 2.24) is 0 Å². The molecule has 0 spiro atoms. The summed E-state index contributed by atoms with van der Waals surface area (Å²) in [4.78, 5) is 24.6. The number of unbranched alkanes of at least 4 members (excludes halogenated alkanes) is 12. The SMILES string of the molecule is CCCCC#CCCOC(CCC(=O)OCC(CO)COC(=O)CCCCCCC/C=C\C/C=C\CCCCC)OCCC#CCCCC. The molecule has 0 saturated carbocycles. The summed E-state index contributed by atoms with van der Waals surface area (Å²) in [5, 5.41) is 9.71. The predicted octanol–water partition coefficient (Wildman–Crippen LogP) is 9.80. The van der Waals surface area contributed by atoms with E-state index in [0.29, 0.717) is 38.9 Å². The third kappa shape index (κ3) is 35.1. The molecule has 0 saturated heterocycles. The van der Waals surface area contributed by atoms with E-state index in [2.05, 4.69) is 68.8 Å². The Balaban J connectivity index is 4.18. The standard InChI is InChI=1S/C42H70O7/c1-4-7-10-13-16-17-18-19-20-21-22-23-24-25-28-31-40(44)48-37-39(36-43)38-49-41(45)32-33-42(46-34-29-26-14-11-8-5-2)47-35-30-27-15-12-9-6-3/h16-17,19-20,39,42-43H,4-13,18,21-25,28-38H2,1-3H3/b17-16-,20-19-. The minimum absolute atomic E-state index is 0.0145. The number of aliphatic hydroxyl groups is 1. The Kier molecular flexibility index (Phi) is 36.2. The molecule has 0 amide bonds. The van der Waals surface area contributed by atoms with Crippen molar-refractivity contribution in [1.29, 1.82) is 0 Å². The number of rotatable bonds is 32. The van der Waals surface area contributed by atoms with Crippen LogP contribution in [0.1, 0.15) is 162 Å². The molecule has 49 heavy (non-hydrogen) atoms. The van der Waals surface area contributed by atoms with Crippen LogP contribution in [0.3, 0.4) is 0 Å². The Bertz CT molecular complexity index is 918. The number of hydrogen-bond donors (Lipinski definition) is 1. The van der Waals surface area contributed by atoms with Gasteiger partial charge in [0.05, 0.1) is 45.4 Å². The number of ether oxygens (including phenoxy) is 4. The third-order valence-corrected chi connectivity index (χ3v) is 7.76. The van der Waals surface area contributed by atoms with Crippen LogP contribution in [0.15, 0.2) is 24.3 Å².